The van der Waals surface area contributed by atoms with Crippen LogP contribution in [0.15, 0.2) is 18.2 Å². The molecule has 0 unspecified atom stereocenters. The SMILES string of the molecule is CCC(CC)CN(CC)c1ccc([N+](=O)[O-])cc1N. The minimum Gasteiger partial charge on any atom is -0.397 e. The van der Waals surface area contributed by atoms with Crippen molar-refractivity contribution < 1.29 is 4.92 Å². The third-order valence-corrected chi connectivity index (χ3v) is 3.58. The summed E-state index contributed by atoms with van der Waals surface area (Å²) in [5.74, 6) is 0.620. The maximum Gasteiger partial charge on any atom is 0.271 e. The van der Waals surface area contributed by atoms with Gasteiger partial charge in [0.1, 0.15) is 0 Å². The number of nitrogens with two attached hydrogens (primary N) is 1. The lowest BCUT2D eigenvalue weighted by Crippen LogP contribution is -2.29. The number of benzene rings is 1. The topological polar surface area (TPSA) is 72.4 Å². The highest BCUT2D eigenvalue weighted by molar-refractivity contribution is 5.70. The van der Waals surface area contributed by atoms with E-state index in [1.165, 1.54) is 12.1 Å². The zero-order chi connectivity index (χ0) is 14.4. The summed E-state index contributed by atoms with van der Waals surface area (Å²) in [5, 5.41) is 10.7. The number of anilines is 2. The summed E-state index contributed by atoms with van der Waals surface area (Å²) in [4.78, 5) is 12.5. The summed E-state index contributed by atoms with van der Waals surface area (Å²) < 4.78 is 0. The van der Waals surface area contributed by atoms with Crippen LogP contribution < -0.4 is 10.6 Å². The molecule has 0 saturated heterocycles. The number of hydrogen-bond acceptors (Lipinski definition) is 4. The van der Waals surface area contributed by atoms with Gasteiger partial charge in [-0.3, -0.25) is 10.1 Å². The van der Waals surface area contributed by atoms with E-state index in [0.717, 1.165) is 31.6 Å². The van der Waals surface area contributed by atoms with Crippen molar-refractivity contribution in [2.75, 3.05) is 23.7 Å². The van der Waals surface area contributed by atoms with E-state index in [1.54, 1.807) is 6.07 Å². The molecule has 0 spiro atoms. The molecule has 0 aromatic heterocycles. The molecule has 0 atom stereocenters. The zero-order valence-corrected chi connectivity index (χ0v) is 11.9. The third-order valence-electron chi connectivity index (χ3n) is 3.58. The van der Waals surface area contributed by atoms with Gasteiger partial charge < -0.3 is 10.6 Å². The Morgan fingerprint density at radius 2 is 1.95 bits per heavy atom. The summed E-state index contributed by atoms with van der Waals surface area (Å²) in [6.45, 7) is 8.22. The first kappa shape index (κ1) is 15.3. The summed E-state index contributed by atoms with van der Waals surface area (Å²) >= 11 is 0. The van der Waals surface area contributed by atoms with Crippen LogP contribution in [0.2, 0.25) is 0 Å². The molecule has 106 valence electrons. The molecular weight excluding hydrogens is 242 g/mol. The largest absolute Gasteiger partial charge is 0.397 e. The second kappa shape index (κ2) is 6.97. The molecule has 0 aliphatic heterocycles. The van der Waals surface area contributed by atoms with Gasteiger partial charge in [-0.05, 0) is 18.9 Å². The van der Waals surface area contributed by atoms with E-state index in [1.807, 2.05) is 0 Å². The smallest absolute Gasteiger partial charge is 0.271 e. The fraction of sp³-hybridized carbons (Fsp3) is 0.571. The van der Waals surface area contributed by atoms with Crippen molar-refractivity contribution in [1.29, 1.82) is 0 Å². The van der Waals surface area contributed by atoms with Crippen LogP contribution in [0.25, 0.3) is 0 Å². The van der Waals surface area contributed by atoms with Crippen LogP contribution in [-0.4, -0.2) is 18.0 Å². The Hall–Kier alpha value is -1.78. The van der Waals surface area contributed by atoms with Gasteiger partial charge in [0.15, 0.2) is 0 Å². The van der Waals surface area contributed by atoms with Crippen molar-refractivity contribution in [3.63, 3.8) is 0 Å². The first-order chi connectivity index (χ1) is 9.03. The lowest BCUT2D eigenvalue weighted by atomic mass is 10.0. The molecule has 0 aliphatic rings. The Balaban J connectivity index is 2.95. The van der Waals surface area contributed by atoms with Gasteiger partial charge in [0.05, 0.1) is 16.3 Å². The van der Waals surface area contributed by atoms with E-state index in [0.29, 0.717) is 11.6 Å². The Morgan fingerprint density at radius 1 is 1.32 bits per heavy atom. The molecule has 0 radical (unpaired) electrons. The maximum atomic E-state index is 10.7. The van der Waals surface area contributed by atoms with Crippen LogP contribution in [0.4, 0.5) is 17.1 Å². The van der Waals surface area contributed by atoms with E-state index in [9.17, 15) is 10.1 Å². The Labute approximate surface area is 114 Å². The van der Waals surface area contributed by atoms with Crippen LogP contribution in [0.5, 0.6) is 0 Å². The predicted octanol–water partition coefficient (Wildman–Crippen LogP) is 3.44. The van der Waals surface area contributed by atoms with Gasteiger partial charge in [-0.1, -0.05) is 26.7 Å². The molecule has 0 fully saturated rings. The first-order valence-electron chi connectivity index (χ1n) is 6.82. The van der Waals surface area contributed by atoms with Gasteiger partial charge in [0, 0.05) is 25.2 Å². The highest BCUT2D eigenvalue weighted by atomic mass is 16.6. The number of nitrogen functional groups attached to an aromatic ring is 1. The van der Waals surface area contributed by atoms with E-state index in [4.69, 9.17) is 5.73 Å². The highest BCUT2D eigenvalue weighted by Gasteiger charge is 2.15. The van der Waals surface area contributed by atoms with Crippen LogP contribution in [0, 0.1) is 16.0 Å². The van der Waals surface area contributed by atoms with Gasteiger partial charge in [-0.2, -0.15) is 0 Å². The molecule has 1 aromatic carbocycles. The minimum atomic E-state index is -0.419. The van der Waals surface area contributed by atoms with Gasteiger partial charge in [-0.15, -0.1) is 0 Å². The third kappa shape index (κ3) is 3.84. The summed E-state index contributed by atoms with van der Waals surface area (Å²) in [6.07, 6.45) is 2.25. The summed E-state index contributed by atoms with van der Waals surface area (Å²) in [6, 6.07) is 4.70. The maximum absolute atomic E-state index is 10.7. The number of non-ortho nitro benzene ring substituents is 1. The monoisotopic (exact) mass is 265 g/mol. The van der Waals surface area contributed by atoms with E-state index in [2.05, 4.69) is 25.7 Å². The number of nitro groups is 1. The standard InChI is InChI=1S/C14H23N3O2/c1-4-11(5-2)10-16(6-3)14-8-7-12(17(18)19)9-13(14)15/h7-9,11H,4-6,10,15H2,1-3H3. The van der Waals surface area contributed by atoms with Crippen LogP contribution >= 0.6 is 0 Å². The molecule has 5 heteroatoms. The first-order valence-corrected chi connectivity index (χ1v) is 6.82. The van der Waals surface area contributed by atoms with E-state index >= 15 is 0 Å². The average Bonchev–Trinajstić information content (AvgIpc) is 2.41. The Morgan fingerprint density at radius 3 is 2.37 bits per heavy atom. The van der Waals surface area contributed by atoms with Crippen LogP contribution in [-0.2, 0) is 0 Å². The number of rotatable bonds is 7. The number of nitrogens with zero attached hydrogens (tertiary/aromatic N) is 2. The van der Waals surface area contributed by atoms with Crippen molar-refractivity contribution in [3.8, 4) is 0 Å². The van der Waals surface area contributed by atoms with Gasteiger partial charge >= 0.3 is 0 Å². The molecule has 1 rings (SSSR count). The Kier molecular flexibility index (Phi) is 5.60. The van der Waals surface area contributed by atoms with Crippen molar-refractivity contribution in [1.82, 2.24) is 0 Å². The highest BCUT2D eigenvalue weighted by Crippen LogP contribution is 2.28. The van der Waals surface area contributed by atoms with Crippen molar-refractivity contribution >= 4 is 17.1 Å². The second-order valence-corrected chi connectivity index (χ2v) is 4.72. The molecule has 0 aliphatic carbocycles. The summed E-state index contributed by atoms with van der Waals surface area (Å²) in [7, 11) is 0. The molecule has 0 bridgehead atoms. The quantitative estimate of drug-likeness (QED) is 0.465. The van der Waals surface area contributed by atoms with Gasteiger partial charge in [-0.25, -0.2) is 0 Å². The molecule has 0 saturated carbocycles. The predicted molar refractivity (Wildman–Crippen MR) is 79.5 cm³/mol. The molecule has 1 aromatic rings. The van der Waals surface area contributed by atoms with E-state index in [-0.39, 0.29) is 5.69 Å². The van der Waals surface area contributed by atoms with Crippen molar-refractivity contribution in [3.05, 3.63) is 28.3 Å². The van der Waals surface area contributed by atoms with Gasteiger partial charge in [0.25, 0.3) is 5.69 Å². The van der Waals surface area contributed by atoms with Gasteiger partial charge in [0.2, 0.25) is 0 Å². The normalized spacial score (nSPS) is 10.7. The Bertz CT molecular complexity index is 431. The molecule has 19 heavy (non-hydrogen) atoms. The average molecular weight is 265 g/mol. The fourth-order valence-electron chi connectivity index (χ4n) is 2.20. The zero-order valence-electron chi connectivity index (χ0n) is 11.9. The lowest BCUT2D eigenvalue weighted by Gasteiger charge is -2.28. The van der Waals surface area contributed by atoms with Crippen molar-refractivity contribution in [2.24, 2.45) is 5.92 Å². The minimum absolute atomic E-state index is 0.0415. The number of hydrogen-bond donors (Lipinski definition) is 1. The van der Waals surface area contributed by atoms with Crippen LogP contribution in [0.3, 0.4) is 0 Å². The molecule has 0 heterocycles. The second-order valence-electron chi connectivity index (χ2n) is 4.72. The molecule has 5 nitrogen and oxygen atoms in total. The fourth-order valence-corrected chi connectivity index (χ4v) is 2.20. The molecule has 0 amide bonds. The molecular formula is C14H23N3O2. The van der Waals surface area contributed by atoms with Crippen LogP contribution in [0.1, 0.15) is 33.6 Å². The molecule has 2 N–H and O–H groups in total. The van der Waals surface area contributed by atoms with E-state index < -0.39 is 4.92 Å². The van der Waals surface area contributed by atoms with Crippen molar-refractivity contribution in [2.45, 2.75) is 33.6 Å². The summed E-state index contributed by atoms with van der Waals surface area (Å²) in [5.41, 5.74) is 7.35. The number of nitro benzene ring substituents is 1. The lowest BCUT2D eigenvalue weighted by molar-refractivity contribution is -0.384.